The molecule has 0 saturated heterocycles. The van der Waals surface area contributed by atoms with E-state index in [1.54, 1.807) is 37.3 Å². The van der Waals surface area contributed by atoms with Crippen LogP contribution in [0, 0.1) is 20.8 Å². The van der Waals surface area contributed by atoms with Crippen molar-refractivity contribution < 1.29 is 22.7 Å². The van der Waals surface area contributed by atoms with E-state index in [0.29, 0.717) is 17.0 Å². The summed E-state index contributed by atoms with van der Waals surface area (Å²) in [6.45, 7) is 5.67. The largest absolute Gasteiger partial charge is 0.489 e. The second kappa shape index (κ2) is 9.27. The van der Waals surface area contributed by atoms with Crippen LogP contribution in [-0.4, -0.2) is 11.0 Å². The number of anilines is 1. The number of carbonyl (C=O) groups is 1. The molecule has 0 aliphatic rings. The molecule has 0 atom stereocenters. The van der Waals surface area contributed by atoms with Gasteiger partial charge in [-0.15, -0.1) is 0 Å². The number of ether oxygens (including phenoxy) is 1. The maximum atomic E-state index is 13.0. The Morgan fingerprint density at radius 2 is 1.75 bits per heavy atom. The highest BCUT2D eigenvalue weighted by molar-refractivity contribution is 5.89. The highest BCUT2D eigenvalue weighted by atomic mass is 19.4. The Labute approximate surface area is 183 Å². The van der Waals surface area contributed by atoms with E-state index in [0.717, 1.165) is 28.3 Å². The Morgan fingerprint density at radius 3 is 2.44 bits per heavy atom. The average Bonchev–Trinajstić information content (AvgIpc) is 2.74. The first kappa shape index (κ1) is 23.1. The monoisotopic (exact) mass is 444 g/mol. The number of carbonyl (C=O) groups excluding carboxylic acids is 1. The maximum Gasteiger partial charge on any atom is 0.433 e. The Bertz CT molecular complexity index is 1150. The van der Waals surface area contributed by atoms with Crippen LogP contribution in [0.1, 0.15) is 27.9 Å². The van der Waals surface area contributed by atoms with Gasteiger partial charge in [0.2, 0.25) is 0 Å². The number of halogens is 3. The molecule has 0 bridgehead atoms. The minimum Gasteiger partial charge on any atom is -0.489 e. The van der Waals surface area contributed by atoms with Gasteiger partial charge in [0.05, 0.1) is 5.69 Å². The molecule has 32 heavy (non-hydrogen) atoms. The lowest BCUT2D eigenvalue weighted by molar-refractivity contribution is -0.141. The Hall–Kier alpha value is -3.59. The molecule has 3 aromatic rings. The number of aromatic nitrogens is 1. The van der Waals surface area contributed by atoms with Crippen molar-refractivity contribution in [1.82, 2.24) is 10.4 Å². The molecule has 0 saturated carbocycles. The van der Waals surface area contributed by atoms with E-state index < -0.39 is 17.9 Å². The highest BCUT2D eigenvalue weighted by Gasteiger charge is 2.32. The molecule has 0 spiro atoms. The van der Waals surface area contributed by atoms with E-state index in [4.69, 9.17) is 10.6 Å². The third kappa shape index (κ3) is 5.17. The normalized spacial score (nSPS) is 11.2. The van der Waals surface area contributed by atoms with Crippen molar-refractivity contribution in [3.05, 3.63) is 76.5 Å². The van der Waals surface area contributed by atoms with Crippen LogP contribution in [-0.2, 0) is 12.8 Å². The summed E-state index contributed by atoms with van der Waals surface area (Å²) in [4.78, 5) is 15.4. The number of nitrogens with two attached hydrogens (primary N) is 1. The maximum absolute atomic E-state index is 13.0. The number of hydrazine groups is 1. The van der Waals surface area contributed by atoms with Crippen molar-refractivity contribution in [1.29, 1.82) is 0 Å². The van der Waals surface area contributed by atoms with Crippen LogP contribution in [0.2, 0.25) is 0 Å². The van der Waals surface area contributed by atoms with Gasteiger partial charge < -0.3 is 10.1 Å². The summed E-state index contributed by atoms with van der Waals surface area (Å²) in [5.74, 6) is 5.72. The van der Waals surface area contributed by atoms with Crippen molar-refractivity contribution in [3.8, 4) is 17.0 Å². The van der Waals surface area contributed by atoms with Crippen molar-refractivity contribution in [2.75, 3.05) is 5.32 Å². The molecule has 4 N–H and O–H groups in total. The molecule has 6 nitrogen and oxygen atoms in total. The van der Waals surface area contributed by atoms with Crippen LogP contribution in [0.5, 0.6) is 5.75 Å². The Kier molecular flexibility index (Phi) is 6.69. The van der Waals surface area contributed by atoms with Crippen molar-refractivity contribution in [2.24, 2.45) is 5.84 Å². The number of hydrogen-bond acceptors (Lipinski definition) is 4. The topological polar surface area (TPSA) is 89.3 Å². The molecule has 2 amide bonds. The number of hydrogen-bond donors (Lipinski definition) is 3. The fourth-order valence-electron chi connectivity index (χ4n) is 3.28. The molecular formula is C23H23F3N4O2. The van der Waals surface area contributed by atoms with E-state index in [1.165, 1.54) is 6.07 Å². The number of urea groups is 1. The minimum atomic E-state index is -4.51. The number of nitrogens with zero attached hydrogens (tertiary/aromatic N) is 1. The molecule has 0 aliphatic carbocycles. The summed E-state index contributed by atoms with van der Waals surface area (Å²) in [6.07, 6.45) is -4.51. The SMILES string of the molecule is Cc1cc(-c2cccc(C(F)(F)F)n2)c(C)cc1OCc1c(C)cccc1NC(=O)NN. The zero-order valence-electron chi connectivity index (χ0n) is 17.8. The van der Waals surface area contributed by atoms with Crippen LogP contribution in [0.3, 0.4) is 0 Å². The molecule has 0 radical (unpaired) electrons. The average molecular weight is 444 g/mol. The number of alkyl halides is 3. The van der Waals surface area contributed by atoms with Crippen molar-refractivity contribution in [2.45, 2.75) is 33.6 Å². The van der Waals surface area contributed by atoms with Crippen molar-refractivity contribution >= 4 is 11.7 Å². The van der Waals surface area contributed by atoms with Gasteiger partial charge in [0, 0.05) is 16.8 Å². The summed E-state index contributed by atoms with van der Waals surface area (Å²) in [5.41, 5.74) is 5.64. The first-order chi connectivity index (χ1) is 15.1. The molecule has 0 unspecified atom stereocenters. The van der Waals surface area contributed by atoms with Gasteiger partial charge in [0.25, 0.3) is 0 Å². The van der Waals surface area contributed by atoms with Crippen LogP contribution < -0.4 is 21.3 Å². The fraction of sp³-hybridized carbons (Fsp3) is 0.217. The zero-order chi connectivity index (χ0) is 23.5. The summed E-state index contributed by atoms with van der Waals surface area (Å²) in [7, 11) is 0. The van der Waals surface area contributed by atoms with Crippen LogP contribution in [0.25, 0.3) is 11.3 Å². The highest BCUT2D eigenvalue weighted by Crippen LogP contribution is 2.33. The van der Waals surface area contributed by atoms with Crippen molar-refractivity contribution in [3.63, 3.8) is 0 Å². The zero-order valence-corrected chi connectivity index (χ0v) is 17.8. The quantitative estimate of drug-likeness (QED) is 0.284. The standard InChI is InChI=1S/C23H23F3N4O2/c1-13-6-4-7-19(29-22(31)30-27)17(13)12-32-20-11-14(2)16(10-15(20)3)18-8-5-9-21(28-18)23(24,25)26/h4-11H,12,27H2,1-3H3,(H2,29,30,31). The molecule has 3 rings (SSSR count). The predicted octanol–water partition coefficient (Wildman–Crippen LogP) is 5.27. The van der Waals surface area contributed by atoms with Gasteiger partial charge >= 0.3 is 12.2 Å². The fourth-order valence-corrected chi connectivity index (χ4v) is 3.28. The molecule has 1 heterocycles. The van der Waals surface area contributed by atoms with Gasteiger partial charge in [-0.3, -0.25) is 5.43 Å². The van der Waals surface area contributed by atoms with Crippen LogP contribution in [0.4, 0.5) is 23.7 Å². The lowest BCUT2D eigenvalue weighted by Crippen LogP contribution is -2.34. The molecule has 1 aromatic heterocycles. The van der Waals surface area contributed by atoms with Gasteiger partial charge in [0.1, 0.15) is 18.1 Å². The van der Waals surface area contributed by atoms with Gasteiger partial charge in [-0.05, 0) is 67.8 Å². The molecule has 168 valence electrons. The Morgan fingerprint density at radius 1 is 1.03 bits per heavy atom. The Balaban J connectivity index is 1.87. The summed E-state index contributed by atoms with van der Waals surface area (Å²) >= 11 is 0. The number of nitrogens with one attached hydrogen (secondary N) is 2. The first-order valence-corrected chi connectivity index (χ1v) is 9.75. The molecule has 0 fully saturated rings. The number of pyridine rings is 1. The second-order valence-electron chi connectivity index (χ2n) is 7.33. The molecular weight excluding hydrogens is 421 g/mol. The van der Waals surface area contributed by atoms with E-state index in [2.05, 4.69) is 10.3 Å². The number of benzene rings is 2. The summed E-state index contributed by atoms with van der Waals surface area (Å²) < 4.78 is 45.1. The number of amides is 2. The molecule has 2 aromatic carbocycles. The van der Waals surface area contributed by atoms with Gasteiger partial charge in [-0.25, -0.2) is 15.6 Å². The van der Waals surface area contributed by atoms with Gasteiger partial charge in [-0.1, -0.05) is 18.2 Å². The number of rotatable bonds is 5. The van der Waals surface area contributed by atoms with Crippen LogP contribution in [0.15, 0.2) is 48.5 Å². The molecule has 0 aliphatic heterocycles. The second-order valence-corrected chi connectivity index (χ2v) is 7.33. The van der Waals surface area contributed by atoms with Crippen LogP contribution >= 0.6 is 0 Å². The van der Waals surface area contributed by atoms with E-state index in [1.807, 2.05) is 25.3 Å². The number of aryl methyl sites for hydroxylation is 3. The van der Waals surface area contributed by atoms with E-state index >= 15 is 0 Å². The smallest absolute Gasteiger partial charge is 0.433 e. The van der Waals surface area contributed by atoms with E-state index in [9.17, 15) is 18.0 Å². The summed E-state index contributed by atoms with van der Waals surface area (Å²) in [5, 5.41) is 2.66. The summed E-state index contributed by atoms with van der Waals surface area (Å²) in [6, 6.07) is 12.2. The third-order valence-electron chi connectivity index (χ3n) is 5.00. The van der Waals surface area contributed by atoms with E-state index in [-0.39, 0.29) is 12.3 Å². The lowest BCUT2D eigenvalue weighted by atomic mass is 10.0. The lowest BCUT2D eigenvalue weighted by Gasteiger charge is -2.17. The molecule has 9 heteroatoms. The van der Waals surface area contributed by atoms with Gasteiger partial charge in [-0.2, -0.15) is 13.2 Å². The third-order valence-corrected chi connectivity index (χ3v) is 5.00. The predicted molar refractivity (Wildman–Crippen MR) is 116 cm³/mol. The first-order valence-electron chi connectivity index (χ1n) is 9.75. The minimum absolute atomic E-state index is 0.175. The van der Waals surface area contributed by atoms with Gasteiger partial charge in [0.15, 0.2) is 0 Å².